The van der Waals surface area contributed by atoms with Gasteiger partial charge in [0.2, 0.25) is 6.79 Å². The third kappa shape index (κ3) is 4.31. The molecule has 0 aliphatic carbocycles. The molecule has 0 aromatic heterocycles. The molecule has 2 aromatic carbocycles. The molecule has 0 unspecified atom stereocenters. The molecule has 2 aliphatic heterocycles. The summed E-state index contributed by atoms with van der Waals surface area (Å²) < 4.78 is 16.6. The fourth-order valence-corrected chi connectivity index (χ4v) is 3.72. The van der Waals surface area contributed by atoms with Crippen molar-refractivity contribution in [3.05, 3.63) is 52.5 Å². The van der Waals surface area contributed by atoms with Crippen LogP contribution in [-0.4, -0.2) is 61.7 Å². The van der Waals surface area contributed by atoms with Crippen LogP contribution in [0, 0.1) is 0 Å². The molecule has 4 rings (SSSR count). The first kappa shape index (κ1) is 20.3. The number of hydrogen-bond donors (Lipinski definition) is 0. The summed E-state index contributed by atoms with van der Waals surface area (Å²) in [6.45, 7) is 1.99. The number of carbonyl (C=O) groups excluding carboxylic acids is 2. The molecule has 0 spiro atoms. The molecule has 30 heavy (non-hydrogen) atoms. The van der Waals surface area contributed by atoms with Crippen molar-refractivity contribution in [3.8, 4) is 17.2 Å². The van der Waals surface area contributed by atoms with Crippen molar-refractivity contribution in [1.29, 1.82) is 0 Å². The molecule has 2 aromatic rings. The first-order valence-electron chi connectivity index (χ1n) is 9.89. The number of hydrogen-bond acceptors (Lipinski definition) is 5. The SMILES string of the molecule is CN1CCCCN(C(=O)c2ccc3c(c2)OCO3)CCOc2ccc(Cl)cc2C1=O. The summed E-state index contributed by atoms with van der Waals surface area (Å²) in [4.78, 5) is 29.3. The van der Waals surface area contributed by atoms with Gasteiger partial charge in [0.1, 0.15) is 12.4 Å². The first-order valence-corrected chi connectivity index (χ1v) is 10.3. The fraction of sp³-hybridized carbons (Fsp3) is 0.364. The summed E-state index contributed by atoms with van der Waals surface area (Å²) in [7, 11) is 1.76. The van der Waals surface area contributed by atoms with Crippen LogP contribution in [0.1, 0.15) is 33.6 Å². The third-order valence-electron chi connectivity index (χ3n) is 5.22. The van der Waals surface area contributed by atoms with Crippen LogP contribution >= 0.6 is 11.6 Å². The van der Waals surface area contributed by atoms with Crippen molar-refractivity contribution in [2.24, 2.45) is 0 Å². The molecule has 0 radical (unpaired) electrons. The maximum absolute atomic E-state index is 13.1. The van der Waals surface area contributed by atoms with Crippen molar-refractivity contribution in [2.45, 2.75) is 12.8 Å². The number of amides is 2. The Morgan fingerprint density at radius 2 is 1.70 bits per heavy atom. The summed E-state index contributed by atoms with van der Waals surface area (Å²) >= 11 is 6.09. The summed E-state index contributed by atoms with van der Waals surface area (Å²) in [5.41, 5.74) is 0.977. The molecule has 2 amide bonds. The number of rotatable bonds is 1. The van der Waals surface area contributed by atoms with Gasteiger partial charge in [-0.2, -0.15) is 0 Å². The Labute approximate surface area is 180 Å². The Hall–Kier alpha value is -2.93. The van der Waals surface area contributed by atoms with Gasteiger partial charge in [0.15, 0.2) is 11.5 Å². The summed E-state index contributed by atoms with van der Waals surface area (Å²) in [6.07, 6.45) is 1.56. The molecule has 0 saturated heterocycles. The Morgan fingerprint density at radius 1 is 0.933 bits per heavy atom. The van der Waals surface area contributed by atoms with Gasteiger partial charge in [-0.1, -0.05) is 11.6 Å². The predicted octanol–water partition coefficient (Wildman–Crippen LogP) is 3.46. The second-order valence-corrected chi connectivity index (χ2v) is 7.72. The molecule has 0 bridgehead atoms. The molecular weight excluding hydrogens is 408 g/mol. The molecule has 7 nitrogen and oxygen atoms in total. The zero-order valence-corrected chi connectivity index (χ0v) is 17.5. The topological polar surface area (TPSA) is 68.3 Å². The van der Waals surface area contributed by atoms with Crippen molar-refractivity contribution >= 4 is 23.4 Å². The molecule has 0 fully saturated rings. The van der Waals surface area contributed by atoms with Gasteiger partial charge in [-0.3, -0.25) is 9.59 Å². The van der Waals surface area contributed by atoms with E-state index in [1.807, 2.05) is 0 Å². The number of fused-ring (bicyclic) bond motifs is 2. The van der Waals surface area contributed by atoms with E-state index in [0.29, 0.717) is 53.0 Å². The normalized spacial score (nSPS) is 16.9. The molecule has 0 atom stereocenters. The van der Waals surface area contributed by atoms with Gasteiger partial charge >= 0.3 is 0 Å². The van der Waals surface area contributed by atoms with E-state index >= 15 is 0 Å². The number of benzene rings is 2. The van der Waals surface area contributed by atoms with Crippen LogP contribution in [-0.2, 0) is 0 Å². The van der Waals surface area contributed by atoms with Crippen LogP contribution in [0.5, 0.6) is 17.2 Å². The van der Waals surface area contributed by atoms with E-state index in [-0.39, 0.29) is 25.2 Å². The molecule has 2 aliphatic rings. The summed E-state index contributed by atoms with van der Waals surface area (Å²) in [6, 6.07) is 10.2. The summed E-state index contributed by atoms with van der Waals surface area (Å²) in [5, 5.41) is 0.478. The van der Waals surface area contributed by atoms with Crippen LogP contribution in [0.3, 0.4) is 0 Å². The minimum atomic E-state index is -0.124. The average molecular weight is 431 g/mol. The lowest BCUT2D eigenvalue weighted by Gasteiger charge is -2.26. The van der Waals surface area contributed by atoms with Gasteiger partial charge in [0.05, 0.1) is 12.1 Å². The first-order chi connectivity index (χ1) is 14.5. The van der Waals surface area contributed by atoms with Crippen molar-refractivity contribution in [1.82, 2.24) is 9.80 Å². The van der Waals surface area contributed by atoms with E-state index in [9.17, 15) is 9.59 Å². The van der Waals surface area contributed by atoms with Crippen LogP contribution in [0.2, 0.25) is 5.02 Å². The monoisotopic (exact) mass is 430 g/mol. The predicted molar refractivity (Wildman–Crippen MR) is 112 cm³/mol. The van der Waals surface area contributed by atoms with E-state index < -0.39 is 0 Å². The summed E-state index contributed by atoms with van der Waals surface area (Å²) in [5.74, 6) is 1.48. The maximum atomic E-state index is 13.1. The number of ether oxygens (including phenoxy) is 3. The van der Waals surface area contributed by atoms with Crippen LogP contribution in [0.15, 0.2) is 36.4 Å². The third-order valence-corrected chi connectivity index (χ3v) is 5.45. The van der Waals surface area contributed by atoms with Gasteiger partial charge < -0.3 is 24.0 Å². The number of carbonyl (C=O) groups is 2. The number of nitrogens with zero attached hydrogens (tertiary/aromatic N) is 2. The van der Waals surface area contributed by atoms with Crippen molar-refractivity contribution in [3.63, 3.8) is 0 Å². The quantitative estimate of drug-likeness (QED) is 0.693. The average Bonchev–Trinajstić information content (AvgIpc) is 3.22. The second-order valence-electron chi connectivity index (χ2n) is 7.28. The molecule has 2 heterocycles. The van der Waals surface area contributed by atoms with Gasteiger partial charge in [-0.15, -0.1) is 0 Å². The van der Waals surface area contributed by atoms with Crippen molar-refractivity contribution in [2.75, 3.05) is 40.1 Å². The lowest BCUT2D eigenvalue weighted by atomic mass is 10.1. The Morgan fingerprint density at radius 3 is 2.57 bits per heavy atom. The minimum absolute atomic E-state index is 0.0882. The second kappa shape index (κ2) is 8.83. The van der Waals surface area contributed by atoms with E-state index in [1.165, 1.54) is 0 Å². The van der Waals surface area contributed by atoms with Crippen LogP contribution in [0.4, 0.5) is 0 Å². The van der Waals surface area contributed by atoms with Crippen LogP contribution < -0.4 is 14.2 Å². The molecule has 8 heteroatoms. The van der Waals surface area contributed by atoms with E-state index in [0.717, 1.165) is 12.8 Å². The zero-order valence-electron chi connectivity index (χ0n) is 16.7. The fourth-order valence-electron chi connectivity index (χ4n) is 3.55. The van der Waals surface area contributed by atoms with Crippen LogP contribution in [0.25, 0.3) is 0 Å². The Bertz CT molecular complexity index is 965. The molecule has 0 saturated carbocycles. The molecular formula is C22H23ClN2O5. The highest BCUT2D eigenvalue weighted by atomic mass is 35.5. The van der Waals surface area contributed by atoms with Gasteiger partial charge in [0.25, 0.3) is 11.8 Å². The van der Waals surface area contributed by atoms with E-state index in [1.54, 1.807) is 53.2 Å². The highest BCUT2D eigenvalue weighted by Gasteiger charge is 2.22. The number of halogens is 1. The van der Waals surface area contributed by atoms with E-state index in [4.69, 9.17) is 25.8 Å². The maximum Gasteiger partial charge on any atom is 0.257 e. The van der Waals surface area contributed by atoms with Crippen molar-refractivity contribution < 1.29 is 23.8 Å². The molecule has 0 N–H and O–H groups in total. The lowest BCUT2D eigenvalue weighted by Crippen LogP contribution is -2.37. The standard InChI is InChI=1S/C22H23ClN2O5/c1-24-8-2-3-9-25(21(26)15-4-6-19-20(12-15)30-14-29-19)10-11-28-18-7-5-16(23)13-17(18)22(24)27/h4-7,12-13H,2-3,8-11,14H2,1H3. The minimum Gasteiger partial charge on any atom is -0.491 e. The zero-order chi connectivity index (χ0) is 21.1. The largest absolute Gasteiger partial charge is 0.491 e. The Kier molecular flexibility index (Phi) is 5.99. The van der Waals surface area contributed by atoms with Gasteiger partial charge in [0, 0.05) is 30.7 Å². The smallest absolute Gasteiger partial charge is 0.257 e. The van der Waals surface area contributed by atoms with Gasteiger partial charge in [-0.25, -0.2) is 0 Å². The molecule has 158 valence electrons. The van der Waals surface area contributed by atoms with Gasteiger partial charge in [-0.05, 0) is 49.2 Å². The Balaban J connectivity index is 1.53. The highest BCUT2D eigenvalue weighted by molar-refractivity contribution is 6.31. The van der Waals surface area contributed by atoms with E-state index in [2.05, 4.69) is 0 Å². The lowest BCUT2D eigenvalue weighted by molar-refractivity contribution is 0.0703. The highest BCUT2D eigenvalue weighted by Crippen LogP contribution is 2.33.